The van der Waals surface area contributed by atoms with Crippen molar-refractivity contribution < 1.29 is 0 Å². The third-order valence-corrected chi connectivity index (χ3v) is 3.55. The van der Waals surface area contributed by atoms with Crippen molar-refractivity contribution in [1.29, 1.82) is 0 Å². The lowest BCUT2D eigenvalue weighted by Gasteiger charge is -2.21. The Morgan fingerprint density at radius 2 is 1.84 bits per heavy atom. The molecule has 0 amide bonds. The molecule has 0 bridgehead atoms. The first-order valence-electron chi connectivity index (χ1n) is 6.40. The van der Waals surface area contributed by atoms with Crippen molar-refractivity contribution in [3.63, 3.8) is 0 Å². The molecule has 0 saturated carbocycles. The number of nitrogens with two attached hydrogens (primary N) is 1. The Morgan fingerprint density at radius 1 is 1.11 bits per heavy atom. The van der Waals surface area contributed by atoms with Gasteiger partial charge in [-0.2, -0.15) is 0 Å². The fourth-order valence-electron chi connectivity index (χ4n) is 2.22. The molecule has 0 aliphatic rings. The van der Waals surface area contributed by atoms with E-state index in [0.717, 1.165) is 16.3 Å². The van der Waals surface area contributed by atoms with Crippen LogP contribution in [0, 0.1) is 13.8 Å². The molecule has 2 rings (SSSR count). The van der Waals surface area contributed by atoms with Crippen LogP contribution in [0.4, 0.5) is 5.69 Å². The number of aryl methyl sites for hydroxylation is 2. The zero-order valence-corrected chi connectivity index (χ0v) is 12.0. The second kappa shape index (κ2) is 6.09. The summed E-state index contributed by atoms with van der Waals surface area (Å²) in [4.78, 5) is 0. The smallest absolute Gasteiger partial charge is 0.0638 e. The van der Waals surface area contributed by atoms with E-state index in [0.29, 0.717) is 6.54 Å². The zero-order valence-electron chi connectivity index (χ0n) is 11.3. The summed E-state index contributed by atoms with van der Waals surface area (Å²) in [6.07, 6.45) is 0. The van der Waals surface area contributed by atoms with Crippen molar-refractivity contribution in [2.75, 3.05) is 11.9 Å². The Hall–Kier alpha value is -1.51. The minimum Gasteiger partial charge on any atom is -0.377 e. The van der Waals surface area contributed by atoms with E-state index in [-0.39, 0.29) is 6.04 Å². The van der Waals surface area contributed by atoms with Crippen molar-refractivity contribution in [2.45, 2.75) is 19.9 Å². The fraction of sp³-hybridized carbons (Fsp3) is 0.250. The molecular formula is C16H19ClN2. The Labute approximate surface area is 119 Å². The van der Waals surface area contributed by atoms with E-state index in [4.69, 9.17) is 17.3 Å². The van der Waals surface area contributed by atoms with Gasteiger partial charge in [0.2, 0.25) is 0 Å². The molecule has 1 unspecified atom stereocenters. The van der Waals surface area contributed by atoms with E-state index < -0.39 is 0 Å². The van der Waals surface area contributed by atoms with Crippen molar-refractivity contribution >= 4 is 17.3 Å². The Balaban J connectivity index is 2.27. The van der Waals surface area contributed by atoms with Gasteiger partial charge < -0.3 is 11.1 Å². The summed E-state index contributed by atoms with van der Waals surface area (Å²) in [7, 11) is 0. The summed E-state index contributed by atoms with van der Waals surface area (Å²) in [6, 6.07) is 14.3. The molecule has 0 saturated heterocycles. The Morgan fingerprint density at radius 3 is 2.47 bits per heavy atom. The second-order valence-corrected chi connectivity index (χ2v) is 5.18. The first-order chi connectivity index (χ1) is 9.11. The lowest BCUT2D eigenvalue weighted by atomic mass is 10.0. The van der Waals surface area contributed by atoms with Crippen LogP contribution in [-0.4, -0.2) is 6.54 Å². The molecule has 0 fully saturated rings. The Kier molecular flexibility index (Phi) is 4.46. The Bertz CT molecular complexity index is 566. The van der Waals surface area contributed by atoms with Crippen LogP contribution in [0.15, 0.2) is 42.5 Å². The average Bonchev–Trinajstić information content (AvgIpc) is 2.39. The summed E-state index contributed by atoms with van der Waals surface area (Å²) in [5, 5.41) is 4.25. The molecule has 3 heteroatoms. The number of hydrogen-bond donors (Lipinski definition) is 2. The molecule has 2 nitrogen and oxygen atoms in total. The molecule has 3 N–H and O–H groups in total. The van der Waals surface area contributed by atoms with E-state index in [2.05, 4.69) is 24.4 Å². The molecule has 2 aromatic carbocycles. The zero-order chi connectivity index (χ0) is 13.8. The molecular weight excluding hydrogens is 256 g/mol. The van der Waals surface area contributed by atoms with Gasteiger partial charge in [0.15, 0.2) is 0 Å². The van der Waals surface area contributed by atoms with Crippen molar-refractivity contribution in [3.8, 4) is 0 Å². The van der Waals surface area contributed by atoms with Gasteiger partial charge in [-0.25, -0.2) is 0 Å². The minimum absolute atomic E-state index is 0.112. The van der Waals surface area contributed by atoms with E-state index >= 15 is 0 Å². The normalized spacial score (nSPS) is 12.2. The van der Waals surface area contributed by atoms with Crippen LogP contribution in [0.1, 0.15) is 22.7 Å². The monoisotopic (exact) mass is 274 g/mol. The summed E-state index contributed by atoms with van der Waals surface area (Å²) in [5.74, 6) is 0. The third kappa shape index (κ3) is 3.28. The van der Waals surface area contributed by atoms with Crippen molar-refractivity contribution in [2.24, 2.45) is 5.73 Å². The van der Waals surface area contributed by atoms with Gasteiger partial charge in [0, 0.05) is 17.3 Å². The second-order valence-electron chi connectivity index (χ2n) is 4.75. The summed E-state index contributed by atoms with van der Waals surface area (Å²) in [5.41, 5.74) is 10.6. The molecule has 0 aliphatic carbocycles. The number of nitrogens with one attached hydrogen (secondary N) is 1. The lowest BCUT2D eigenvalue weighted by Crippen LogP contribution is -2.21. The first kappa shape index (κ1) is 13.9. The molecule has 100 valence electrons. The standard InChI is InChI=1S/C16H19ClN2/c1-11-5-3-4-6-14(11)16(10-18)19-15-8-7-13(17)9-12(15)2/h3-9,16,19H,10,18H2,1-2H3. The number of anilines is 1. The van der Waals surface area contributed by atoms with Crippen LogP contribution in [0.25, 0.3) is 0 Å². The summed E-state index contributed by atoms with van der Waals surface area (Å²) >= 11 is 5.98. The molecule has 1 atom stereocenters. The highest BCUT2D eigenvalue weighted by Crippen LogP contribution is 2.25. The number of benzene rings is 2. The highest BCUT2D eigenvalue weighted by atomic mass is 35.5. The molecule has 0 aromatic heterocycles. The quantitative estimate of drug-likeness (QED) is 0.882. The summed E-state index contributed by atoms with van der Waals surface area (Å²) in [6.45, 7) is 4.70. The SMILES string of the molecule is Cc1cc(Cl)ccc1NC(CN)c1ccccc1C. The van der Waals surface area contributed by atoms with Crippen LogP contribution in [0.2, 0.25) is 5.02 Å². The van der Waals surface area contributed by atoms with Gasteiger partial charge in [-0.15, -0.1) is 0 Å². The average molecular weight is 275 g/mol. The van der Waals surface area contributed by atoms with Crippen molar-refractivity contribution in [3.05, 3.63) is 64.2 Å². The van der Waals surface area contributed by atoms with Gasteiger partial charge in [-0.05, 0) is 48.7 Å². The van der Waals surface area contributed by atoms with E-state index in [1.54, 1.807) is 0 Å². The predicted molar refractivity (Wildman–Crippen MR) is 82.8 cm³/mol. The van der Waals surface area contributed by atoms with Crippen molar-refractivity contribution in [1.82, 2.24) is 0 Å². The molecule has 0 spiro atoms. The number of hydrogen-bond acceptors (Lipinski definition) is 2. The fourth-order valence-corrected chi connectivity index (χ4v) is 2.44. The molecule has 0 heterocycles. The van der Waals surface area contributed by atoms with E-state index in [1.807, 2.05) is 37.3 Å². The number of rotatable bonds is 4. The maximum absolute atomic E-state index is 5.98. The highest BCUT2D eigenvalue weighted by molar-refractivity contribution is 6.30. The molecule has 2 aromatic rings. The topological polar surface area (TPSA) is 38.0 Å². The maximum Gasteiger partial charge on any atom is 0.0638 e. The van der Waals surface area contributed by atoms with Crippen LogP contribution < -0.4 is 11.1 Å². The number of halogens is 1. The van der Waals surface area contributed by atoms with Gasteiger partial charge in [-0.3, -0.25) is 0 Å². The van der Waals surface area contributed by atoms with Gasteiger partial charge in [0.05, 0.1) is 6.04 Å². The molecule has 0 aliphatic heterocycles. The minimum atomic E-state index is 0.112. The predicted octanol–water partition coefficient (Wildman–Crippen LogP) is 4.07. The van der Waals surface area contributed by atoms with Crippen LogP contribution in [0.3, 0.4) is 0 Å². The highest BCUT2D eigenvalue weighted by Gasteiger charge is 2.12. The maximum atomic E-state index is 5.98. The van der Waals surface area contributed by atoms with Gasteiger partial charge in [-0.1, -0.05) is 35.9 Å². The first-order valence-corrected chi connectivity index (χ1v) is 6.78. The summed E-state index contributed by atoms with van der Waals surface area (Å²) < 4.78 is 0. The van der Waals surface area contributed by atoms with Crippen LogP contribution >= 0.6 is 11.6 Å². The van der Waals surface area contributed by atoms with E-state index in [9.17, 15) is 0 Å². The largest absolute Gasteiger partial charge is 0.377 e. The van der Waals surface area contributed by atoms with E-state index in [1.165, 1.54) is 11.1 Å². The third-order valence-electron chi connectivity index (χ3n) is 3.32. The van der Waals surface area contributed by atoms with Crippen LogP contribution in [0.5, 0.6) is 0 Å². The molecule has 19 heavy (non-hydrogen) atoms. The van der Waals surface area contributed by atoms with Gasteiger partial charge >= 0.3 is 0 Å². The lowest BCUT2D eigenvalue weighted by molar-refractivity contribution is 0.782. The van der Waals surface area contributed by atoms with Crippen LogP contribution in [-0.2, 0) is 0 Å². The molecule has 0 radical (unpaired) electrons. The van der Waals surface area contributed by atoms with Gasteiger partial charge in [0.1, 0.15) is 0 Å². The van der Waals surface area contributed by atoms with Gasteiger partial charge in [0.25, 0.3) is 0 Å².